The lowest BCUT2D eigenvalue weighted by molar-refractivity contribution is -0.392. The average molecular weight is 379 g/mol. The monoisotopic (exact) mass is 379 g/mol. The molecular formula is C11H13N3O8S2. The maximum absolute atomic E-state index is 11.6. The topological polar surface area (TPSA) is 167 Å². The number of anilines is 1. The molecule has 0 radical (unpaired) electrons. The van der Waals surface area contributed by atoms with Crippen LogP contribution in [0.15, 0.2) is 17.0 Å². The summed E-state index contributed by atoms with van der Waals surface area (Å²) in [6.07, 6.45) is 0.914. The lowest BCUT2D eigenvalue weighted by atomic mass is 10.2. The molecule has 1 fully saturated rings. The molecule has 24 heavy (non-hydrogen) atoms. The van der Waals surface area contributed by atoms with Crippen molar-refractivity contribution in [3.63, 3.8) is 0 Å². The van der Waals surface area contributed by atoms with Crippen molar-refractivity contribution in [2.45, 2.75) is 17.4 Å². The van der Waals surface area contributed by atoms with E-state index < -0.39 is 57.5 Å². The Bertz CT molecular complexity index is 888. The largest absolute Gasteiger partial charge is 0.370 e. The predicted octanol–water partition coefficient (Wildman–Crippen LogP) is 0.506. The van der Waals surface area contributed by atoms with E-state index in [2.05, 4.69) is 5.32 Å². The Morgan fingerprint density at radius 2 is 1.67 bits per heavy atom. The van der Waals surface area contributed by atoms with Crippen molar-refractivity contribution in [3.05, 3.63) is 32.4 Å². The molecule has 0 aliphatic carbocycles. The minimum atomic E-state index is -3.91. The van der Waals surface area contributed by atoms with E-state index in [9.17, 15) is 37.1 Å². The minimum absolute atomic E-state index is 0.131. The molecule has 1 N–H and O–H groups in total. The highest BCUT2D eigenvalue weighted by Crippen LogP contribution is 2.38. The molecule has 0 saturated carbocycles. The van der Waals surface area contributed by atoms with Gasteiger partial charge < -0.3 is 5.32 Å². The quantitative estimate of drug-likeness (QED) is 0.566. The van der Waals surface area contributed by atoms with Crippen molar-refractivity contribution in [1.82, 2.24) is 0 Å². The SMILES string of the molecule is CS(=O)(=O)c1cc([N+](=O)[O-])c(N[C@@H]2CCS(=O)(=O)C2)c([N+](=O)[O-])c1. The second-order valence-electron chi connectivity index (χ2n) is 5.37. The minimum Gasteiger partial charge on any atom is -0.370 e. The molecule has 13 heteroatoms. The third-order valence-corrected chi connectivity index (χ3v) is 6.33. The van der Waals surface area contributed by atoms with Crippen LogP contribution in [-0.2, 0) is 19.7 Å². The number of nitro groups is 2. The van der Waals surface area contributed by atoms with Gasteiger partial charge in [0.2, 0.25) is 0 Å². The van der Waals surface area contributed by atoms with Gasteiger partial charge in [0.05, 0.1) is 26.2 Å². The normalized spacial score (nSPS) is 19.8. The molecule has 0 amide bonds. The average Bonchev–Trinajstić information content (AvgIpc) is 2.76. The smallest absolute Gasteiger partial charge is 0.300 e. The fraction of sp³-hybridized carbons (Fsp3) is 0.455. The summed E-state index contributed by atoms with van der Waals surface area (Å²) in [5.74, 6) is -0.442. The molecule has 2 rings (SSSR count). The number of nitro benzene ring substituents is 2. The van der Waals surface area contributed by atoms with Crippen LogP contribution in [0.2, 0.25) is 0 Å². The summed E-state index contributed by atoms with van der Waals surface area (Å²) in [7, 11) is -7.22. The fourth-order valence-electron chi connectivity index (χ4n) is 2.35. The molecule has 0 bridgehead atoms. The van der Waals surface area contributed by atoms with Gasteiger partial charge in [-0.15, -0.1) is 0 Å². The number of hydrogen-bond donors (Lipinski definition) is 1. The Hall–Kier alpha value is -2.28. The summed E-state index contributed by atoms with van der Waals surface area (Å²) in [6, 6.07) is 0.707. The van der Waals surface area contributed by atoms with Gasteiger partial charge in [0.25, 0.3) is 0 Å². The first-order chi connectivity index (χ1) is 10.9. The molecule has 1 aromatic carbocycles. The molecular weight excluding hydrogens is 366 g/mol. The molecule has 1 atom stereocenters. The predicted molar refractivity (Wildman–Crippen MR) is 83.5 cm³/mol. The van der Waals surface area contributed by atoms with Crippen molar-refractivity contribution in [3.8, 4) is 0 Å². The summed E-state index contributed by atoms with van der Waals surface area (Å²) in [4.78, 5) is 19.9. The van der Waals surface area contributed by atoms with Crippen LogP contribution in [0.5, 0.6) is 0 Å². The number of nitrogens with one attached hydrogen (secondary N) is 1. The standard InChI is InChI=1S/C11H13N3O8S2/c1-23(19,20)8-4-9(13(15)16)11(10(5-8)14(17)18)12-7-2-3-24(21,22)6-7/h4-5,7,12H,2-3,6H2,1H3/t7-/m1/s1. The van der Waals surface area contributed by atoms with Gasteiger partial charge in [0, 0.05) is 24.4 Å². The van der Waals surface area contributed by atoms with Gasteiger partial charge in [-0.2, -0.15) is 0 Å². The molecule has 1 aliphatic heterocycles. The lowest BCUT2D eigenvalue weighted by Gasteiger charge is -2.13. The fourth-order valence-corrected chi connectivity index (χ4v) is 4.67. The molecule has 1 saturated heterocycles. The summed E-state index contributed by atoms with van der Waals surface area (Å²) >= 11 is 0. The highest BCUT2D eigenvalue weighted by molar-refractivity contribution is 7.91. The van der Waals surface area contributed by atoms with E-state index in [0.717, 1.165) is 6.26 Å². The van der Waals surface area contributed by atoms with Crippen molar-refractivity contribution in [2.24, 2.45) is 0 Å². The van der Waals surface area contributed by atoms with E-state index >= 15 is 0 Å². The molecule has 11 nitrogen and oxygen atoms in total. The van der Waals surface area contributed by atoms with Gasteiger partial charge in [0.15, 0.2) is 25.4 Å². The van der Waals surface area contributed by atoms with Crippen LogP contribution in [0.3, 0.4) is 0 Å². The molecule has 1 heterocycles. The number of sulfone groups is 2. The molecule has 0 unspecified atom stereocenters. The first kappa shape index (κ1) is 18.1. The third-order valence-electron chi connectivity index (χ3n) is 3.47. The Kier molecular flexibility index (Phi) is 4.50. The zero-order valence-corrected chi connectivity index (χ0v) is 14.0. The van der Waals surface area contributed by atoms with E-state index in [1.807, 2.05) is 0 Å². The van der Waals surface area contributed by atoms with Gasteiger partial charge in [-0.05, 0) is 6.42 Å². The Labute approximate surface area is 136 Å². The molecule has 0 aromatic heterocycles. The Balaban J connectivity index is 2.60. The van der Waals surface area contributed by atoms with E-state index in [1.165, 1.54) is 0 Å². The summed E-state index contributed by atoms with van der Waals surface area (Å²) < 4.78 is 46.1. The second-order valence-corrected chi connectivity index (χ2v) is 9.61. The van der Waals surface area contributed by atoms with E-state index in [0.29, 0.717) is 12.1 Å². The van der Waals surface area contributed by atoms with Crippen LogP contribution < -0.4 is 5.32 Å². The van der Waals surface area contributed by atoms with Gasteiger partial charge in [-0.1, -0.05) is 0 Å². The lowest BCUT2D eigenvalue weighted by Crippen LogP contribution is -2.22. The van der Waals surface area contributed by atoms with Gasteiger partial charge >= 0.3 is 11.4 Å². The first-order valence-corrected chi connectivity index (χ1v) is 10.3. The van der Waals surface area contributed by atoms with Gasteiger partial charge in [-0.25, -0.2) is 16.8 Å². The van der Waals surface area contributed by atoms with Crippen molar-refractivity contribution >= 4 is 36.7 Å². The third kappa shape index (κ3) is 3.79. The van der Waals surface area contributed by atoms with Crippen LogP contribution in [-0.4, -0.2) is 50.5 Å². The number of nitrogens with zero attached hydrogens (tertiary/aromatic N) is 2. The second kappa shape index (κ2) is 5.98. The number of rotatable bonds is 5. The Morgan fingerprint density at radius 3 is 2.00 bits per heavy atom. The highest BCUT2D eigenvalue weighted by Gasteiger charge is 2.34. The molecule has 1 aromatic rings. The Morgan fingerprint density at radius 1 is 1.17 bits per heavy atom. The van der Waals surface area contributed by atoms with Crippen LogP contribution in [0.1, 0.15) is 6.42 Å². The van der Waals surface area contributed by atoms with Gasteiger partial charge in [-0.3, -0.25) is 20.2 Å². The summed E-state index contributed by atoms with van der Waals surface area (Å²) in [5.41, 5.74) is -2.10. The zero-order chi connectivity index (χ0) is 18.3. The molecule has 0 spiro atoms. The number of hydrogen-bond acceptors (Lipinski definition) is 9. The maximum Gasteiger partial charge on any atom is 0.300 e. The van der Waals surface area contributed by atoms with Crippen LogP contribution in [0.4, 0.5) is 17.1 Å². The summed E-state index contributed by atoms with van der Waals surface area (Å²) in [5, 5.41) is 24.9. The van der Waals surface area contributed by atoms with Crippen LogP contribution in [0.25, 0.3) is 0 Å². The summed E-state index contributed by atoms with van der Waals surface area (Å²) in [6.45, 7) is 0. The van der Waals surface area contributed by atoms with E-state index in [4.69, 9.17) is 0 Å². The van der Waals surface area contributed by atoms with Crippen LogP contribution >= 0.6 is 0 Å². The zero-order valence-electron chi connectivity index (χ0n) is 12.3. The molecule has 1 aliphatic rings. The number of benzene rings is 1. The van der Waals surface area contributed by atoms with Crippen molar-refractivity contribution in [1.29, 1.82) is 0 Å². The van der Waals surface area contributed by atoms with Gasteiger partial charge in [0.1, 0.15) is 0 Å². The maximum atomic E-state index is 11.6. The van der Waals surface area contributed by atoms with Crippen molar-refractivity contribution < 1.29 is 26.7 Å². The van der Waals surface area contributed by atoms with E-state index in [1.54, 1.807) is 0 Å². The van der Waals surface area contributed by atoms with Crippen molar-refractivity contribution in [2.75, 3.05) is 23.1 Å². The molecule has 132 valence electrons. The highest BCUT2D eigenvalue weighted by atomic mass is 32.2. The van der Waals surface area contributed by atoms with Crippen LogP contribution in [0, 0.1) is 20.2 Å². The van der Waals surface area contributed by atoms with E-state index in [-0.39, 0.29) is 17.9 Å². The first-order valence-electron chi connectivity index (χ1n) is 6.54.